The molecule has 1 aromatic carbocycles. The Kier molecular flexibility index (Phi) is 3.61. The van der Waals surface area contributed by atoms with Gasteiger partial charge in [-0.3, -0.25) is 0 Å². The summed E-state index contributed by atoms with van der Waals surface area (Å²) >= 11 is 0. The van der Waals surface area contributed by atoms with E-state index in [0.717, 1.165) is 28.8 Å². The molecule has 17 heavy (non-hydrogen) atoms. The van der Waals surface area contributed by atoms with Crippen LogP contribution in [0, 0.1) is 0 Å². The lowest BCUT2D eigenvalue weighted by atomic mass is 10.2. The number of nitrogens with one attached hydrogen (secondary N) is 1. The molecule has 3 nitrogen and oxygen atoms in total. The molecule has 3 heteroatoms. The van der Waals surface area contributed by atoms with Crippen molar-refractivity contribution in [2.24, 2.45) is 5.73 Å². The molecule has 0 bridgehead atoms. The molecule has 0 radical (unpaired) electrons. The van der Waals surface area contributed by atoms with E-state index in [1.807, 2.05) is 37.3 Å². The molecule has 1 heterocycles. The first-order valence-corrected chi connectivity index (χ1v) is 5.77. The van der Waals surface area contributed by atoms with Crippen molar-refractivity contribution in [1.29, 1.82) is 0 Å². The van der Waals surface area contributed by atoms with Gasteiger partial charge < -0.3 is 15.5 Å². The maximum atomic E-state index is 5.78. The van der Waals surface area contributed by atoms with Gasteiger partial charge in [0.15, 0.2) is 0 Å². The van der Waals surface area contributed by atoms with Crippen LogP contribution in [0.3, 0.4) is 0 Å². The molecular weight excluding hydrogens is 212 g/mol. The first-order valence-electron chi connectivity index (χ1n) is 5.77. The van der Waals surface area contributed by atoms with Gasteiger partial charge in [0.2, 0.25) is 0 Å². The van der Waals surface area contributed by atoms with E-state index in [1.54, 1.807) is 0 Å². The molecular formula is C14H18N2O. The van der Waals surface area contributed by atoms with E-state index >= 15 is 0 Å². The van der Waals surface area contributed by atoms with Gasteiger partial charge in [-0.15, -0.1) is 0 Å². The lowest BCUT2D eigenvalue weighted by Crippen LogP contribution is -2.28. The van der Waals surface area contributed by atoms with E-state index in [1.165, 1.54) is 0 Å². The zero-order chi connectivity index (χ0) is 12.3. The van der Waals surface area contributed by atoms with Crippen LogP contribution < -0.4 is 11.1 Å². The van der Waals surface area contributed by atoms with Gasteiger partial charge in [-0.25, -0.2) is 0 Å². The topological polar surface area (TPSA) is 51.2 Å². The van der Waals surface area contributed by atoms with E-state index in [-0.39, 0.29) is 6.04 Å². The Bertz CT molecular complexity index is 483. The van der Waals surface area contributed by atoms with E-state index in [4.69, 9.17) is 10.2 Å². The maximum absolute atomic E-state index is 5.78. The van der Waals surface area contributed by atoms with Crippen molar-refractivity contribution >= 4 is 11.0 Å². The van der Waals surface area contributed by atoms with Crippen LogP contribution in [0.5, 0.6) is 0 Å². The monoisotopic (exact) mass is 230 g/mol. The summed E-state index contributed by atoms with van der Waals surface area (Å²) in [6.45, 7) is 7.11. The third-order valence-corrected chi connectivity index (χ3v) is 2.67. The van der Waals surface area contributed by atoms with Gasteiger partial charge in [-0.2, -0.15) is 0 Å². The number of furan rings is 1. The van der Waals surface area contributed by atoms with Crippen LogP contribution in [0.1, 0.15) is 18.7 Å². The highest BCUT2D eigenvalue weighted by atomic mass is 16.3. The summed E-state index contributed by atoms with van der Waals surface area (Å²) in [5, 5.41) is 4.44. The summed E-state index contributed by atoms with van der Waals surface area (Å²) in [6.07, 6.45) is 0. The highest BCUT2D eigenvalue weighted by molar-refractivity contribution is 5.77. The van der Waals surface area contributed by atoms with Crippen molar-refractivity contribution in [2.75, 3.05) is 13.1 Å². The van der Waals surface area contributed by atoms with Gasteiger partial charge in [0.1, 0.15) is 11.3 Å². The average Bonchev–Trinajstić information content (AvgIpc) is 2.72. The van der Waals surface area contributed by atoms with Crippen molar-refractivity contribution in [3.05, 3.63) is 48.2 Å². The van der Waals surface area contributed by atoms with Crippen LogP contribution in [0.15, 0.2) is 46.9 Å². The molecule has 1 atom stereocenters. The summed E-state index contributed by atoms with van der Waals surface area (Å²) in [6, 6.07) is 10.0. The SMILES string of the molecule is C=C(C)CNC(CN)c1cc2ccccc2o1. The van der Waals surface area contributed by atoms with Crippen molar-refractivity contribution in [2.45, 2.75) is 13.0 Å². The summed E-state index contributed by atoms with van der Waals surface area (Å²) in [7, 11) is 0. The molecule has 0 aliphatic carbocycles. The third-order valence-electron chi connectivity index (χ3n) is 2.67. The molecule has 0 fully saturated rings. The average molecular weight is 230 g/mol. The second kappa shape index (κ2) is 5.17. The van der Waals surface area contributed by atoms with Gasteiger partial charge in [0, 0.05) is 18.5 Å². The van der Waals surface area contributed by atoms with Crippen LogP contribution in [-0.4, -0.2) is 13.1 Å². The number of hydrogen-bond acceptors (Lipinski definition) is 3. The second-order valence-electron chi connectivity index (χ2n) is 4.31. The lowest BCUT2D eigenvalue weighted by molar-refractivity contribution is 0.446. The highest BCUT2D eigenvalue weighted by Gasteiger charge is 2.13. The summed E-state index contributed by atoms with van der Waals surface area (Å²) < 4.78 is 5.78. The quantitative estimate of drug-likeness (QED) is 0.776. The van der Waals surface area contributed by atoms with Crippen molar-refractivity contribution in [3.63, 3.8) is 0 Å². The maximum Gasteiger partial charge on any atom is 0.134 e. The van der Waals surface area contributed by atoms with E-state index < -0.39 is 0 Å². The molecule has 1 unspecified atom stereocenters. The highest BCUT2D eigenvalue weighted by Crippen LogP contribution is 2.23. The summed E-state index contributed by atoms with van der Waals surface area (Å²) in [4.78, 5) is 0. The van der Waals surface area contributed by atoms with Gasteiger partial charge >= 0.3 is 0 Å². The molecule has 2 aromatic rings. The van der Waals surface area contributed by atoms with E-state index in [2.05, 4.69) is 11.9 Å². The van der Waals surface area contributed by atoms with Crippen LogP contribution in [0.2, 0.25) is 0 Å². The van der Waals surface area contributed by atoms with Gasteiger partial charge in [0.05, 0.1) is 6.04 Å². The smallest absolute Gasteiger partial charge is 0.134 e. The fourth-order valence-electron chi connectivity index (χ4n) is 1.77. The van der Waals surface area contributed by atoms with Gasteiger partial charge in [-0.05, 0) is 19.1 Å². The fraction of sp³-hybridized carbons (Fsp3) is 0.286. The summed E-state index contributed by atoms with van der Waals surface area (Å²) in [5.41, 5.74) is 7.74. The Hall–Kier alpha value is -1.58. The molecule has 3 N–H and O–H groups in total. The van der Waals surface area contributed by atoms with Gasteiger partial charge in [0.25, 0.3) is 0 Å². The fourth-order valence-corrected chi connectivity index (χ4v) is 1.77. The van der Waals surface area contributed by atoms with Crippen molar-refractivity contribution in [3.8, 4) is 0 Å². The molecule has 2 rings (SSSR count). The number of hydrogen-bond donors (Lipinski definition) is 2. The predicted octanol–water partition coefficient (Wildman–Crippen LogP) is 2.60. The van der Waals surface area contributed by atoms with E-state index in [0.29, 0.717) is 6.54 Å². The molecule has 0 spiro atoms. The third kappa shape index (κ3) is 2.75. The largest absolute Gasteiger partial charge is 0.459 e. The van der Waals surface area contributed by atoms with Crippen molar-refractivity contribution < 1.29 is 4.42 Å². The zero-order valence-electron chi connectivity index (χ0n) is 10.1. The number of fused-ring (bicyclic) bond motifs is 1. The molecule has 0 saturated heterocycles. The van der Waals surface area contributed by atoms with Gasteiger partial charge in [-0.1, -0.05) is 30.4 Å². The normalized spacial score (nSPS) is 12.8. The second-order valence-corrected chi connectivity index (χ2v) is 4.31. The lowest BCUT2D eigenvalue weighted by Gasteiger charge is -2.13. The minimum absolute atomic E-state index is 0.0408. The van der Waals surface area contributed by atoms with Crippen LogP contribution in [-0.2, 0) is 0 Å². The Balaban J connectivity index is 2.21. The molecule has 0 saturated carbocycles. The Morgan fingerprint density at radius 2 is 2.24 bits per heavy atom. The molecule has 0 aliphatic heterocycles. The standard InChI is InChI=1S/C14H18N2O/c1-10(2)9-16-12(8-15)14-7-11-5-3-4-6-13(11)17-14/h3-7,12,16H,1,8-9,15H2,2H3. The van der Waals surface area contributed by atoms with Crippen molar-refractivity contribution in [1.82, 2.24) is 5.32 Å². The summed E-state index contributed by atoms with van der Waals surface area (Å²) in [5.74, 6) is 0.884. The number of nitrogens with two attached hydrogens (primary N) is 1. The molecule has 0 aliphatic rings. The van der Waals surface area contributed by atoms with Crippen LogP contribution in [0.25, 0.3) is 11.0 Å². The number of benzene rings is 1. The first kappa shape index (κ1) is 11.9. The minimum atomic E-state index is 0.0408. The predicted molar refractivity (Wildman–Crippen MR) is 70.8 cm³/mol. The zero-order valence-corrected chi connectivity index (χ0v) is 10.1. The number of para-hydroxylation sites is 1. The van der Waals surface area contributed by atoms with E-state index in [9.17, 15) is 0 Å². The Morgan fingerprint density at radius 3 is 2.88 bits per heavy atom. The first-order chi connectivity index (χ1) is 8.20. The Labute approximate surface area is 101 Å². The number of rotatable bonds is 5. The molecule has 1 aromatic heterocycles. The van der Waals surface area contributed by atoms with Crippen LogP contribution >= 0.6 is 0 Å². The minimum Gasteiger partial charge on any atom is -0.459 e. The molecule has 90 valence electrons. The van der Waals surface area contributed by atoms with Crippen LogP contribution in [0.4, 0.5) is 0 Å². The molecule has 0 amide bonds. The Morgan fingerprint density at radius 1 is 1.47 bits per heavy atom.